The van der Waals surface area contributed by atoms with E-state index in [1.807, 2.05) is 23.1 Å². The normalized spacial score (nSPS) is 10.4. The SMILES string of the molecule is CCCCN(CCCC)C(=O)Nc1ccc(C)c(C)c1. The molecule has 0 unspecified atom stereocenters. The molecule has 0 fully saturated rings. The minimum atomic E-state index is 0.0233. The number of nitrogens with zero attached hydrogens (tertiary/aromatic N) is 1. The van der Waals surface area contributed by atoms with E-state index < -0.39 is 0 Å². The number of amides is 2. The van der Waals surface area contributed by atoms with E-state index in [9.17, 15) is 4.79 Å². The van der Waals surface area contributed by atoms with Gasteiger partial charge in [-0.2, -0.15) is 0 Å². The minimum Gasteiger partial charge on any atom is -0.325 e. The highest BCUT2D eigenvalue weighted by molar-refractivity contribution is 5.89. The Hall–Kier alpha value is -1.51. The summed E-state index contributed by atoms with van der Waals surface area (Å²) in [6.07, 6.45) is 4.34. The summed E-state index contributed by atoms with van der Waals surface area (Å²) in [6.45, 7) is 10.1. The van der Waals surface area contributed by atoms with Crippen molar-refractivity contribution in [3.8, 4) is 0 Å². The molecule has 0 saturated heterocycles. The van der Waals surface area contributed by atoms with Crippen LogP contribution in [0.1, 0.15) is 50.7 Å². The largest absolute Gasteiger partial charge is 0.325 e. The third-order valence-corrected chi connectivity index (χ3v) is 3.61. The van der Waals surface area contributed by atoms with E-state index in [4.69, 9.17) is 0 Å². The first kappa shape index (κ1) is 16.5. The van der Waals surface area contributed by atoms with Gasteiger partial charge >= 0.3 is 6.03 Å². The van der Waals surface area contributed by atoms with Crippen LogP contribution < -0.4 is 5.32 Å². The molecule has 3 nitrogen and oxygen atoms in total. The van der Waals surface area contributed by atoms with E-state index in [0.717, 1.165) is 44.5 Å². The van der Waals surface area contributed by atoms with Crippen molar-refractivity contribution in [2.45, 2.75) is 53.4 Å². The van der Waals surface area contributed by atoms with E-state index in [-0.39, 0.29) is 6.03 Å². The van der Waals surface area contributed by atoms with Crippen LogP contribution in [0.5, 0.6) is 0 Å². The number of carbonyl (C=O) groups is 1. The highest BCUT2D eigenvalue weighted by Gasteiger charge is 2.12. The summed E-state index contributed by atoms with van der Waals surface area (Å²) in [4.78, 5) is 14.3. The molecule has 1 rings (SSSR count). The Bertz CT molecular complexity index is 421. The molecule has 1 aromatic carbocycles. The number of hydrogen-bond donors (Lipinski definition) is 1. The molecule has 0 spiro atoms. The number of aryl methyl sites for hydroxylation is 2. The van der Waals surface area contributed by atoms with Gasteiger partial charge in [-0.15, -0.1) is 0 Å². The fourth-order valence-electron chi connectivity index (χ4n) is 2.03. The third kappa shape index (κ3) is 5.24. The molecule has 112 valence electrons. The van der Waals surface area contributed by atoms with Gasteiger partial charge in [0.25, 0.3) is 0 Å². The number of benzene rings is 1. The Balaban J connectivity index is 2.65. The summed E-state index contributed by atoms with van der Waals surface area (Å²) < 4.78 is 0. The van der Waals surface area contributed by atoms with E-state index in [1.54, 1.807) is 0 Å². The van der Waals surface area contributed by atoms with Crippen molar-refractivity contribution in [3.05, 3.63) is 29.3 Å². The van der Waals surface area contributed by atoms with Crippen LogP contribution in [0.2, 0.25) is 0 Å². The van der Waals surface area contributed by atoms with Crippen LogP contribution in [0.4, 0.5) is 10.5 Å². The zero-order valence-corrected chi connectivity index (χ0v) is 13.3. The molecule has 0 aliphatic heterocycles. The zero-order valence-electron chi connectivity index (χ0n) is 13.3. The smallest absolute Gasteiger partial charge is 0.321 e. The lowest BCUT2D eigenvalue weighted by molar-refractivity contribution is 0.210. The fraction of sp³-hybridized carbons (Fsp3) is 0.588. The van der Waals surface area contributed by atoms with Gasteiger partial charge in [0.2, 0.25) is 0 Å². The van der Waals surface area contributed by atoms with Crippen molar-refractivity contribution in [2.75, 3.05) is 18.4 Å². The Morgan fingerprint density at radius 3 is 2.15 bits per heavy atom. The van der Waals surface area contributed by atoms with Gasteiger partial charge in [0.05, 0.1) is 0 Å². The second kappa shape index (κ2) is 8.62. The lowest BCUT2D eigenvalue weighted by Crippen LogP contribution is -2.36. The van der Waals surface area contributed by atoms with Crippen LogP contribution >= 0.6 is 0 Å². The monoisotopic (exact) mass is 276 g/mol. The quantitative estimate of drug-likeness (QED) is 0.766. The highest BCUT2D eigenvalue weighted by atomic mass is 16.2. The van der Waals surface area contributed by atoms with Crippen molar-refractivity contribution in [3.63, 3.8) is 0 Å². The average molecular weight is 276 g/mol. The van der Waals surface area contributed by atoms with Gasteiger partial charge in [-0.3, -0.25) is 0 Å². The van der Waals surface area contributed by atoms with Crippen molar-refractivity contribution in [1.29, 1.82) is 0 Å². The van der Waals surface area contributed by atoms with Gasteiger partial charge in [0, 0.05) is 18.8 Å². The maximum Gasteiger partial charge on any atom is 0.321 e. The number of nitrogens with one attached hydrogen (secondary N) is 1. The number of carbonyl (C=O) groups excluding carboxylic acids is 1. The Kier molecular flexibility index (Phi) is 7.13. The van der Waals surface area contributed by atoms with Crippen LogP contribution in [0.25, 0.3) is 0 Å². The summed E-state index contributed by atoms with van der Waals surface area (Å²) >= 11 is 0. The first-order valence-corrected chi connectivity index (χ1v) is 7.71. The first-order valence-electron chi connectivity index (χ1n) is 7.71. The average Bonchev–Trinajstić information content (AvgIpc) is 2.43. The number of anilines is 1. The molecule has 0 heterocycles. The van der Waals surface area contributed by atoms with Gasteiger partial charge < -0.3 is 10.2 Å². The molecule has 0 saturated carbocycles. The van der Waals surface area contributed by atoms with E-state index in [2.05, 4.69) is 33.0 Å². The van der Waals surface area contributed by atoms with Crippen LogP contribution in [-0.2, 0) is 0 Å². The molecule has 20 heavy (non-hydrogen) atoms. The molecule has 0 bridgehead atoms. The Morgan fingerprint density at radius 2 is 1.65 bits per heavy atom. The first-order chi connectivity index (χ1) is 9.58. The molecule has 0 aliphatic rings. The van der Waals surface area contributed by atoms with Crippen molar-refractivity contribution in [1.82, 2.24) is 4.90 Å². The lowest BCUT2D eigenvalue weighted by atomic mass is 10.1. The van der Waals surface area contributed by atoms with Crippen molar-refractivity contribution >= 4 is 11.7 Å². The summed E-state index contributed by atoms with van der Waals surface area (Å²) in [5.41, 5.74) is 3.34. The second-order valence-electron chi connectivity index (χ2n) is 5.42. The Morgan fingerprint density at radius 1 is 1.05 bits per heavy atom. The van der Waals surface area contributed by atoms with Gasteiger partial charge in [-0.05, 0) is 49.9 Å². The summed E-state index contributed by atoms with van der Waals surface area (Å²) in [7, 11) is 0. The fourth-order valence-corrected chi connectivity index (χ4v) is 2.03. The molecule has 0 aliphatic carbocycles. The molecule has 3 heteroatoms. The number of rotatable bonds is 7. The lowest BCUT2D eigenvalue weighted by Gasteiger charge is -2.23. The van der Waals surface area contributed by atoms with Crippen LogP contribution in [0.15, 0.2) is 18.2 Å². The third-order valence-electron chi connectivity index (χ3n) is 3.61. The van der Waals surface area contributed by atoms with Crippen LogP contribution in [0.3, 0.4) is 0 Å². The highest BCUT2D eigenvalue weighted by Crippen LogP contribution is 2.15. The van der Waals surface area contributed by atoms with E-state index >= 15 is 0 Å². The van der Waals surface area contributed by atoms with E-state index in [0.29, 0.717) is 0 Å². The molecular weight excluding hydrogens is 248 g/mol. The van der Waals surface area contributed by atoms with Gasteiger partial charge in [-0.25, -0.2) is 4.79 Å². The zero-order chi connectivity index (χ0) is 15.0. The maximum atomic E-state index is 12.3. The molecule has 1 N–H and O–H groups in total. The predicted molar refractivity (Wildman–Crippen MR) is 86.3 cm³/mol. The summed E-state index contributed by atoms with van der Waals surface area (Å²) in [6, 6.07) is 6.08. The van der Waals surface area contributed by atoms with Gasteiger partial charge in [0.1, 0.15) is 0 Å². The standard InChI is InChI=1S/C17H28N2O/c1-5-7-11-19(12-8-6-2)17(20)18-16-10-9-14(3)15(4)13-16/h9-10,13H,5-8,11-12H2,1-4H3,(H,18,20). The molecule has 2 amide bonds. The molecule has 0 aromatic heterocycles. The molecular formula is C17H28N2O. The van der Waals surface area contributed by atoms with Gasteiger partial charge in [0.15, 0.2) is 0 Å². The number of hydrogen-bond acceptors (Lipinski definition) is 1. The van der Waals surface area contributed by atoms with Crippen LogP contribution in [0, 0.1) is 13.8 Å². The topological polar surface area (TPSA) is 32.3 Å². The van der Waals surface area contributed by atoms with Crippen molar-refractivity contribution in [2.24, 2.45) is 0 Å². The second-order valence-corrected chi connectivity index (χ2v) is 5.42. The molecule has 1 aromatic rings. The van der Waals surface area contributed by atoms with Crippen molar-refractivity contribution < 1.29 is 4.79 Å². The van der Waals surface area contributed by atoms with E-state index in [1.165, 1.54) is 11.1 Å². The molecule has 0 radical (unpaired) electrons. The predicted octanol–water partition coefficient (Wildman–Crippen LogP) is 4.74. The number of urea groups is 1. The Labute approximate surface area is 123 Å². The summed E-state index contributed by atoms with van der Waals surface area (Å²) in [5, 5.41) is 3.01. The van der Waals surface area contributed by atoms with Crippen LogP contribution in [-0.4, -0.2) is 24.0 Å². The van der Waals surface area contributed by atoms with Gasteiger partial charge in [-0.1, -0.05) is 32.8 Å². The summed E-state index contributed by atoms with van der Waals surface area (Å²) in [5.74, 6) is 0. The molecule has 0 atom stereocenters. The minimum absolute atomic E-state index is 0.0233. The number of unbranched alkanes of at least 4 members (excludes halogenated alkanes) is 2. The maximum absolute atomic E-state index is 12.3.